The summed E-state index contributed by atoms with van der Waals surface area (Å²) in [5, 5.41) is 12.3. The molecular weight excluding hydrogens is 270 g/mol. The van der Waals surface area contributed by atoms with Crippen molar-refractivity contribution in [3.8, 4) is 0 Å². The molecule has 0 bridgehead atoms. The van der Waals surface area contributed by atoms with Crippen molar-refractivity contribution in [1.82, 2.24) is 15.1 Å². The molecule has 0 aromatic rings. The van der Waals surface area contributed by atoms with Crippen LogP contribution in [0.15, 0.2) is 0 Å². The van der Waals surface area contributed by atoms with E-state index in [2.05, 4.69) is 12.2 Å². The minimum absolute atomic E-state index is 0.297. The van der Waals surface area contributed by atoms with Crippen molar-refractivity contribution in [2.45, 2.75) is 44.6 Å². The predicted octanol–water partition coefficient (Wildman–Crippen LogP) is 1.61. The van der Waals surface area contributed by atoms with Crippen LogP contribution in [0.3, 0.4) is 0 Å². The highest BCUT2D eigenvalue weighted by molar-refractivity contribution is 5.86. The third-order valence-corrected chi connectivity index (χ3v) is 4.52. The van der Waals surface area contributed by atoms with E-state index in [9.17, 15) is 14.7 Å². The van der Waals surface area contributed by atoms with Crippen molar-refractivity contribution in [2.24, 2.45) is 5.92 Å². The van der Waals surface area contributed by atoms with Crippen molar-refractivity contribution in [2.75, 3.05) is 34.2 Å². The lowest BCUT2D eigenvalue weighted by molar-refractivity contribution is -0.146. The maximum absolute atomic E-state index is 12.2. The molecule has 0 saturated heterocycles. The lowest BCUT2D eigenvalue weighted by atomic mass is 9.75. The van der Waals surface area contributed by atoms with Gasteiger partial charge in [0, 0.05) is 20.1 Å². The first-order valence-corrected chi connectivity index (χ1v) is 7.72. The topological polar surface area (TPSA) is 72.9 Å². The monoisotopic (exact) mass is 299 g/mol. The molecule has 1 aliphatic carbocycles. The van der Waals surface area contributed by atoms with Crippen molar-refractivity contribution in [3.05, 3.63) is 0 Å². The fourth-order valence-electron chi connectivity index (χ4n) is 2.72. The van der Waals surface area contributed by atoms with Gasteiger partial charge in [0.2, 0.25) is 0 Å². The number of urea groups is 1. The molecule has 122 valence electrons. The van der Waals surface area contributed by atoms with E-state index < -0.39 is 11.5 Å². The van der Waals surface area contributed by atoms with Crippen LogP contribution in [-0.2, 0) is 4.79 Å². The number of amides is 2. The molecule has 2 amide bonds. The number of aliphatic carboxylic acids is 1. The number of rotatable bonds is 6. The van der Waals surface area contributed by atoms with Gasteiger partial charge in [-0.2, -0.15) is 0 Å². The third-order valence-electron chi connectivity index (χ3n) is 4.52. The zero-order chi connectivity index (χ0) is 16.0. The molecule has 1 saturated carbocycles. The summed E-state index contributed by atoms with van der Waals surface area (Å²) < 4.78 is 0. The molecule has 0 unspecified atom stereocenters. The number of hydrogen-bond donors (Lipinski definition) is 2. The van der Waals surface area contributed by atoms with E-state index in [0.717, 1.165) is 25.8 Å². The standard InChI is InChI=1S/C15H29N3O3/c1-5-12-6-8-15(9-7-12,13(19)20)16-14(21)18(4)11-10-17(2)3/h12H,5-11H2,1-4H3,(H,16,21)(H,19,20). The fourth-order valence-corrected chi connectivity index (χ4v) is 2.72. The van der Waals surface area contributed by atoms with Gasteiger partial charge in [-0.25, -0.2) is 9.59 Å². The Morgan fingerprint density at radius 2 is 1.76 bits per heavy atom. The molecule has 1 aliphatic rings. The zero-order valence-electron chi connectivity index (χ0n) is 13.7. The Bertz CT molecular complexity index is 363. The van der Waals surface area contributed by atoms with Crippen molar-refractivity contribution in [3.63, 3.8) is 0 Å². The summed E-state index contributed by atoms with van der Waals surface area (Å²) in [5.74, 6) is -0.327. The van der Waals surface area contributed by atoms with E-state index in [1.54, 1.807) is 11.9 Å². The van der Waals surface area contributed by atoms with Crippen LogP contribution in [0.1, 0.15) is 39.0 Å². The Kier molecular flexibility index (Phi) is 6.45. The highest BCUT2D eigenvalue weighted by Crippen LogP contribution is 2.34. The van der Waals surface area contributed by atoms with Gasteiger partial charge in [-0.15, -0.1) is 0 Å². The van der Waals surface area contributed by atoms with Gasteiger partial charge in [0.25, 0.3) is 0 Å². The Morgan fingerprint density at radius 1 is 1.19 bits per heavy atom. The quantitative estimate of drug-likeness (QED) is 0.781. The minimum atomic E-state index is -1.09. The van der Waals surface area contributed by atoms with Gasteiger partial charge in [-0.3, -0.25) is 0 Å². The van der Waals surface area contributed by atoms with Gasteiger partial charge in [0.15, 0.2) is 0 Å². The highest BCUT2D eigenvalue weighted by atomic mass is 16.4. The molecule has 2 N–H and O–H groups in total. The third kappa shape index (κ3) is 4.88. The van der Waals surface area contributed by atoms with Crippen LogP contribution in [0.25, 0.3) is 0 Å². The molecule has 1 rings (SSSR count). The van der Waals surface area contributed by atoms with Crippen LogP contribution < -0.4 is 5.32 Å². The Morgan fingerprint density at radius 3 is 2.19 bits per heavy atom. The summed E-state index contributed by atoms with van der Waals surface area (Å²) in [7, 11) is 5.58. The van der Waals surface area contributed by atoms with Crippen molar-refractivity contribution >= 4 is 12.0 Å². The van der Waals surface area contributed by atoms with Crippen LogP contribution >= 0.6 is 0 Å². The number of carbonyl (C=O) groups is 2. The fraction of sp³-hybridized carbons (Fsp3) is 0.867. The van der Waals surface area contributed by atoms with E-state index in [1.165, 1.54) is 0 Å². The van der Waals surface area contributed by atoms with E-state index in [1.807, 2.05) is 19.0 Å². The number of likely N-dealkylation sites (N-methyl/N-ethyl adjacent to an activating group) is 2. The maximum atomic E-state index is 12.2. The summed E-state index contributed by atoms with van der Waals surface area (Å²) >= 11 is 0. The van der Waals surface area contributed by atoms with Crippen LogP contribution in [0.4, 0.5) is 4.79 Å². The lowest BCUT2D eigenvalue weighted by Gasteiger charge is -2.38. The van der Waals surface area contributed by atoms with Gasteiger partial charge in [-0.1, -0.05) is 13.3 Å². The van der Waals surface area contributed by atoms with E-state index in [4.69, 9.17) is 0 Å². The Labute approximate surface area is 127 Å². The average molecular weight is 299 g/mol. The molecule has 0 heterocycles. The first kappa shape index (κ1) is 17.8. The number of nitrogens with one attached hydrogen (secondary N) is 1. The number of hydrogen-bond acceptors (Lipinski definition) is 3. The zero-order valence-corrected chi connectivity index (χ0v) is 13.7. The van der Waals surface area contributed by atoms with Gasteiger partial charge >= 0.3 is 12.0 Å². The van der Waals surface area contributed by atoms with E-state index in [-0.39, 0.29) is 6.03 Å². The van der Waals surface area contributed by atoms with Crippen LogP contribution in [-0.4, -0.2) is 66.7 Å². The van der Waals surface area contributed by atoms with E-state index in [0.29, 0.717) is 25.3 Å². The summed E-state index contributed by atoms with van der Waals surface area (Å²) in [6.07, 6.45) is 3.85. The average Bonchev–Trinajstić information content (AvgIpc) is 2.45. The second kappa shape index (κ2) is 7.64. The molecule has 0 spiro atoms. The Balaban J connectivity index is 2.62. The number of carboxylic acids is 1. The first-order chi connectivity index (χ1) is 9.80. The summed E-state index contributed by atoms with van der Waals surface area (Å²) in [5.41, 5.74) is -1.09. The predicted molar refractivity (Wildman–Crippen MR) is 82.3 cm³/mol. The SMILES string of the molecule is CCC1CCC(NC(=O)N(C)CCN(C)C)(C(=O)O)CC1. The lowest BCUT2D eigenvalue weighted by Crippen LogP contribution is -2.59. The van der Waals surface area contributed by atoms with Gasteiger partial charge in [0.05, 0.1) is 0 Å². The van der Waals surface area contributed by atoms with E-state index >= 15 is 0 Å². The van der Waals surface area contributed by atoms with Crippen molar-refractivity contribution < 1.29 is 14.7 Å². The van der Waals surface area contributed by atoms with Crippen molar-refractivity contribution in [1.29, 1.82) is 0 Å². The number of carbonyl (C=O) groups excluding carboxylic acids is 1. The maximum Gasteiger partial charge on any atom is 0.329 e. The molecule has 0 aromatic heterocycles. The van der Waals surface area contributed by atoms with Gasteiger partial charge in [-0.05, 0) is 45.7 Å². The second-order valence-corrected chi connectivity index (χ2v) is 6.39. The molecule has 0 radical (unpaired) electrons. The van der Waals surface area contributed by atoms with Crippen LogP contribution in [0, 0.1) is 5.92 Å². The molecule has 6 nitrogen and oxygen atoms in total. The summed E-state index contributed by atoms with van der Waals surface area (Å²) in [6, 6.07) is -0.297. The largest absolute Gasteiger partial charge is 0.480 e. The molecule has 6 heteroatoms. The molecule has 1 fully saturated rings. The number of carboxylic acid groups (broad SMARTS) is 1. The smallest absolute Gasteiger partial charge is 0.329 e. The number of nitrogens with zero attached hydrogens (tertiary/aromatic N) is 2. The molecule has 21 heavy (non-hydrogen) atoms. The molecule has 0 aliphatic heterocycles. The first-order valence-electron chi connectivity index (χ1n) is 7.72. The van der Waals surface area contributed by atoms with Crippen LogP contribution in [0.2, 0.25) is 0 Å². The van der Waals surface area contributed by atoms with Gasteiger partial charge in [0.1, 0.15) is 5.54 Å². The molecule has 0 aromatic carbocycles. The molecule has 0 atom stereocenters. The minimum Gasteiger partial charge on any atom is -0.480 e. The van der Waals surface area contributed by atoms with Crippen LogP contribution in [0.5, 0.6) is 0 Å². The van der Waals surface area contributed by atoms with Gasteiger partial charge < -0.3 is 20.2 Å². The Hall–Kier alpha value is -1.30. The second-order valence-electron chi connectivity index (χ2n) is 6.39. The summed E-state index contributed by atoms with van der Waals surface area (Å²) in [6.45, 7) is 3.46. The normalized spacial score (nSPS) is 25.7. The summed E-state index contributed by atoms with van der Waals surface area (Å²) in [4.78, 5) is 27.4. The molecular formula is C15H29N3O3. The highest BCUT2D eigenvalue weighted by Gasteiger charge is 2.43.